The number of amides is 1. The van der Waals surface area contributed by atoms with Crippen LogP contribution in [0.4, 0.5) is 0 Å². The van der Waals surface area contributed by atoms with E-state index in [4.69, 9.17) is 5.73 Å². The van der Waals surface area contributed by atoms with Crippen LogP contribution in [0.2, 0.25) is 0 Å². The van der Waals surface area contributed by atoms with E-state index < -0.39 is 6.04 Å². The molecule has 4 nitrogen and oxygen atoms in total. The minimum Gasteiger partial charge on any atom is -0.320 e. The van der Waals surface area contributed by atoms with Crippen molar-refractivity contribution in [2.24, 2.45) is 5.73 Å². The fourth-order valence-electron chi connectivity index (χ4n) is 1.06. The van der Waals surface area contributed by atoms with Gasteiger partial charge in [-0.05, 0) is 32.9 Å². The molecule has 4 heteroatoms. The molecule has 0 aromatic carbocycles. The van der Waals surface area contributed by atoms with Gasteiger partial charge in [-0.1, -0.05) is 0 Å². The summed E-state index contributed by atoms with van der Waals surface area (Å²) in [6, 6.07) is 3.40. The van der Waals surface area contributed by atoms with Crippen LogP contribution in [0.15, 0.2) is 12.1 Å². The minimum atomic E-state index is -0.485. The monoisotopic (exact) mass is 181 g/mol. The quantitative estimate of drug-likeness (QED) is 0.699. The zero-order valence-corrected chi connectivity index (χ0v) is 8.16. The molecule has 13 heavy (non-hydrogen) atoms. The van der Waals surface area contributed by atoms with Gasteiger partial charge >= 0.3 is 0 Å². The second-order valence-electron chi connectivity index (χ2n) is 3.22. The molecule has 0 fully saturated rings. The van der Waals surface area contributed by atoms with Gasteiger partial charge in [-0.2, -0.15) is 0 Å². The molecule has 0 saturated carbocycles. The van der Waals surface area contributed by atoms with Gasteiger partial charge in [-0.25, -0.2) is 0 Å². The molecule has 1 rings (SSSR count). The minimum absolute atomic E-state index is 0.178. The smallest absolute Gasteiger partial charge is 0.255 e. The molecule has 0 radical (unpaired) electrons. The van der Waals surface area contributed by atoms with Gasteiger partial charge in [0.25, 0.3) is 5.91 Å². The third kappa shape index (κ3) is 2.09. The highest BCUT2D eigenvalue weighted by Crippen LogP contribution is 2.03. The van der Waals surface area contributed by atoms with Crippen molar-refractivity contribution < 1.29 is 4.79 Å². The van der Waals surface area contributed by atoms with Crippen molar-refractivity contribution in [1.29, 1.82) is 0 Å². The number of carbonyl (C=O) groups excluding carboxylic acids is 1. The van der Waals surface area contributed by atoms with Crippen molar-refractivity contribution in [3.63, 3.8) is 0 Å². The maximum Gasteiger partial charge on any atom is 0.255 e. The first-order valence-electron chi connectivity index (χ1n) is 4.23. The highest BCUT2D eigenvalue weighted by atomic mass is 16.2. The molecule has 0 unspecified atom stereocenters. The lowest BCUT2D eigenvalue weighted by molar-refractivity contribution is -0.118. The van der Waals surface area contributed by atoms with Gasteiger partial charge in [-0.15, -0.1) is 0 Å². The van der Waals surface area contributed by atoms with Gasteiger partial charge < -0.3 is 5.73 Å². The molecule has 1 atom stereocenters. The predicted molar refractivity (Wildman–Crippen MR) is 51.9 cm³/mol. The lowest BCUT2D eigenvalue weighted by atomic mass is 10.3. The van der Waals surface area contributed by atoms with Crippen LogP contribution < -0.4 is 11.2 Å². The first-order valence-corrected chi connectivity index (χ1v) is 4.23. The summed E-state index contributed by atoms with van der Waals surface area (Å²) in [7, 11) is 0. The Balaban J connectivity index is 2.79. The molecule has 1 amide bonds. The van der Waals surface area contributed by atoms with Gasteiger partial charge in [0.15, 0.2) is 0 Å². The van der Waals surface area contributed by atoms with E-state index in [1.807, 2.05) is 26.0 Å². The Morgan fingerprint density at radius 3 is 2.31 bits per heavy atom. The number of hydrogen-bond acceptors (Lipinski definition) is 2. The molecule has 0 bridgehead atoms. The van der Waals surface area contributed by atoms with Crippen LogP contribution >= 0.6 is 0 Å². The van der Waals surface area contributed by atoms with Crippen molar-refractivity contribution >= 4 is 5.91 Å². The molecular formula is C9H15N3O. The van der Waals surface area contributed by atoms with Crippen LogP contribution in [0.5, 0.6) is 0 Å². The van der Waals surface area contributed by atoms with Gasteiger partial charge in [0, 0.05) is 11.4 Å². The van der Waals surface area contributed by atoms with Crippen molar-refractivity contribution in [3.05, 3.63) is 23.5 Å². The molecule has 72 valence electrons. The topological polar surface area (TPSA) is 60.0 Å². The van der Waals surface area contributed by atoms with Crippen LogP contribution in [0.1, 0.15) is 18.3 Å². The molecule has 0 saturated heterocycles. The Morgan fingerprint density at radius 1 is 1.46 bits per heavy atom. The standard InChI is InChI=1S/C9H15N3O/c1-6-4-5-7(2)12(6)11-9(13)8(3)10/h4-5,8H,10H2,1-3H3,(H,11,13)/t8-/m1/s1. The molecule has 1 aromatic heterocycles. The fraction of sp³-hybridized carbons (Fsp3) is 0.444. The summed E-state index contributed by atoms with van der Waals surface area (Å²) in [6.45, 7) is 5.51. The van der Waals surface area contributed by atoms with E-state index >= 15 is 0 Å². The zero-order valence-electron chi connectivity index (χ0n) is 8.16. The van der Waals surface area contributed by atoms with E-state index in [1.165, 1.54) is 0 Å². The second-order valence-corrected chi connectivity index (χ2v) is 3.22. The van der Waals surface area contributed by atoms with E-state index in [2.05, 4.69) is 5.43 Å². The zero-order chi connectivity index (χ0) is 10.0. The Morgan fingerprint density at radius 2 is 1.92 bits per heavy atom. The summed E-state index contributed by atoms with van der Waals surface area (Å²) in [5.41, 5.74) is 10.1. The van der Waals surface area contributed by atoms with Gasteiger partial charge in [0.1, 0.15) is 0 Å². The molecular weight excluding hydrogens is 166 g/mol. The van der Waals surface area contributed by atoms with Crippen LogP contribution in [-0.2, 0) is 4.79 Å². The highest BCUT2D eigenvalue weighted by Gasteiger charge is 2.09. The fourth-order valence-corrected chi connectivity index (χ4v) is 1.06. The number of nitrogens with two attached hydrogens (primary N) is 1. The average molecular weight is 181 g/mol. The Labute approximate surface area is 77.7 Å². The summed E-state index contributed by atoms with van der Waals surface area (Å²) in [5.74, 6) is -0.178. The summed E-state index contributed by atoms with van der Waals surface area (Å²) in [4.78, 5) is 11.3. The number of rotatable bonds is 2. The largest absolute Gasteiger partial charge is 0.320 e. The molecule has 1 heterocycles. The van der Waals surface area contributed by atoms with Crippen LogP contribution in [-0.4, -0.2) is 16.6 Å². The van der Waals surface area contributed by atoms with E-state index in [0.717, 1.165) is 11.4 Å². The summed E-state index contributed by atoms with van der Waals surface area (Å²) >= 11 is 0. The summed E-state index contributed by atoms with van der Waals surface area (Å²) < 4.78 is 1.73. The lowest BCUT2D eigenvalue weighted by Gasteiger charge is -2.12. The maximum absolute atomic E-state index is 11.3. The van der Waals surface area contributed by atoms with Crippen molar-refractivity contribution in [3.8, 4) is 0 Å². The van der Waals surface area contributed by atoms with Crippen LogP contribution in [0.25, 0.3) is 0 Å². The Hall–Kier alpha value is -1.29. The SMILES string of the molecule is Cc1ccc(C)n1NC(=O)[C@@H](C)N. The summed E-state index contributed by atoms with van der Waals surface area (Å²) in [5, 5.41) is 0. The molecule has 0 aliphatic heterocycles. The number of nitrogens with one attached hydrogen (secondary N) is 1. The van der Waals surface area contributed by atoms with Crippen molar-refractivity contribution in [2.45, 2.75) is 26.8 Å². The molecule has 0 spiro atoms. The Kier molecular flexibility index (Phi) is 2.72. The number of hydrogen-bond donors (Lipinski definition) is 2. The average Bonchev–Trinajstić information content (AvgIpc) is 2.35. The maximum atomic E-state index is 11.3. The predicted octanol–water partition coefficient (Wildman–Crippen LogP) is 0.522. The molecule has 0 aliphatic rings. The first-order chi connectivity index (χ1) is 6.02. The van der Waals surface area contributed by atoms with Crippen LogP contribution in [0.3, 0.4) is 0 Å². The molecule has 1 aromatic rings. The van der Waals surface area contributed by atoms with Crippen LogP contribution in [0, 0.1) is 13.8 Å². The normalized spacial score (nSPS) is 12.6. The van der Waals surface area contributed by atoms with E-state index in [-0.39, 0.29) is 5.91 Å². The third-order valence-corrected chi connectivity index (χ3v) is 1.91. The van der Waals surface area contributed by atoms with Crippen molar-refractivity contribution in [1.82, 2.24) is 4.68 Å². The molecule has 3 N–H and O–H groups in total. The van der Waals surface area contributed by atoms with E-state index in [0.29, 0.717) is 0 Å². The van der Waals surface area contributed by atoms with Gasteiger partial charge in [-0.3, -0.25) is 14.9 Å². The lowest BCUT2D eigenvalue weighted by Crippen LogP contribution is -2.37. The molecule has 0 aliphatic carbocycles. The summed E-state index contributed by atoms with van der Waals surface area (Å²) in [6.07, 6.45) is 0. The first kappa shape index (κ1) is 9.80. The number of carbonyl (C=O) groups is 1. The highest BCUT2D eigenvalue weighted by molar-refractivity contribution is 5.88. The van der Waals surface area contributed by atoms with Crippen molar-refractivity contribution in [2.75, 3.05) is 5.43 Å². The number of aryl methyl sites for hydroxylation is 2. The number of nitrogens with zero attached hydrogens (tertiary/aromatic N) is 1. The van der Waals surface area contributed by atoms with E-state index in [9.17, 15) is 4.79 Å². The third-order valence-electron chi connectivity index (χ3n) is 1.91. The Bertz CT molecular complexity index is 295. The van der Waals surface area contributed by atoms with Gasteiger partial charge in [0.05, 0.1) is 6.04 Å². The van der Waals surface area contributed by atoms with E-state index in [1.54, 1.807) is 11.6 Å². The van der Waals surface area contributed by atoms with Gasteiger partial charge in [0.2, 0.25) is 0 Å². The second kappa shape index (κ2) is 3.62. The number of aromatic nitrogens is 1.